The molecule has 134 valence electrons. The molecule has 0 bridgehead atoms. The summed E-state index contributed by atoms with van der Waals surface area (Å²) in [6, 6.07) is 20.7. The van der Waals surface area contributed by atoms with E-state index in [2.05, 4.69) is 20.3 Å². The molecule has 0 radical (unpaired) electrons. The number of nitrogens with zero attached hydrogens (tertiary/aromatic N) is 2. The molecular weight excluding hydrogens is 340 g/mol. The lowest BCUT2D eigenvalue weighted by Crippen LogP contribution is -2.24. The predicted molar refractivity (Wildman–Crippen MR) is 103 cm³/mol. The van der Waals surface area contributed by atoms with Crippen molar-refractivity contribution >= 4 is 16.9 Å². The normalized spacial score (nSPS) is 10.7. The first-order chi connectivity index (χ1) is 13.2. The van der Waals surface area contributed by atoms with Crippen LogP contribution in [0, 0.1) is 0 Å². The van der Waals surface area contributed by atoms with Gasteiger partial charge in [-0.3, -0.25) is 4.79 Å². The zero-order valence-corrected chi connectivity index (χ0v) is 14.8. The van der Waals surface area contributed by atoms with Gasteiger partial charge in [0.25, 0.3) is 5.91 Å². The number of carbonyl (C=O) groups excluding carboxylic acids is 1. The van der Waals surface area contributed by atoms with Crippen molar-refractivity contribution in [3.8, 4) is 17.0 Å². The molecule has 0 aliphatic rings. The molecule has 27 heavy (non-hydrogen) atoms. The fraction of sp³-hybridized carbons (Fsp3) is 0.0952. The number of rotatable bonds is 5. The molecule has 2 aromatic carbocycles. The van der Waals surface area contributed by atoms with Crippen molar-refractivity contribution in [2.45, 2.75) is 6.54 Å². The molecule has 1 amide bonds. The Morgan fingerprint density at radius 1 is 1.00 bits per heavy atom. The van der Waals surface area contributed by atoms with Gasteiger partial charge in [-0.25, -0.2) is 9.97 Å². The fourth-order valence-electron chi connectivity index (χ4n) is 2.83. The van der Waals surface area contributed by atoms with Crippen molar-refractivity contribution in [2.75, 3.05) is 7.11 Å². The number of fused-ring (bicyclic) bond motifs is 1. The second kappa shape index (κ2) is 7.29. The third-order valence-electron chi connectivity index (χ3n) is 4.22. The number of methoxy groups -OCH3 is 1. The van der Waals surface area contributed by atoms with Crippen LogP contribution in [0.3, 0.4) is 0 Å². The Bertz CT molecular complexity index is 1050. The van der Waals surface area contributed by atoms with Gasteiger partial charge in [0.2, 0.25) is 0 Å². The van der Waals surface area contributed by atoms with Crippen LogP contribution in [-0.4, -0.2) is 28.0 Å². The number of pyridine rings is 1. The van der Waals surface area contributed by atoms with E-state index in [1.807, 2.05) is 60.7 Å². The van der Waals surface area contributed by atoms with E-state index in [9.17, 15) is 4.79 Å². The number of hydrogen-bond acceptors (Lipinski definition) is 4. The molecule has 0 aliphatic carbocycles. The minimum Gasteiger partial charge on any atom is -0.497 e. The second-order valence-electron chi connectivity index (χ2n) is 6.02. The Labute approximate surface area is 156 Å². The number of para-hydroxylation sites is 2. The molecule has 0 atom stereocenters. The van der Waals surface area contributed by atoms with Gasteiger partial charge >= 0.3 is 0 Å². The molecule has 0 spiro atoms. The monoisotopic (exact) mass is 358 g/mol. The summed E-state index contributed by atoms with van der Waals surface area (Å²) < 4.78 is 5.17. The summed E-state index contributed by atoms with van der Waals surface area (Å²) in [6.07, 6.45) is 0. The number of hydrogen-bond donors (Lipinski definition) is 2. The fourth-order valence-corrected chi connectivity index (χ4v) is 2.83. The van der Waals surface area contributed by atoms with Crippen LogP contribution in [0.15, 0.2) is 66.7 Å². The number of nitrogens with one attached hydrogen (secondary N) is 2. The number of aromatic nitrogens is 3. The van der Waals surface area contributed by atoms with Crippen molar-refractivity contribution in [3.05, 3.63) is 78.2 Å². The van der Waals surface area contributed by atoms with Gasteiger partial charge in [-0.05, 0) is 48.5 Å². The molecule has 4 aromatic rings. The van der Waals surface area contributed by atoms with Crippen molar-refractivity contribution in [2.24, 2.45) is 0 Å². The zero-order valence-electron chi connectivity index (χ0n) is 14.8. The number of aromatic amines is 1. The van der Waals surface area contributed by atoms with Crippen LogP contribution in [0.25, 0.3) is 22.3 Å². The van der Waals surface area contributed by atoms with E-state index in [4.69, 9.17) is 4.74 Å². The zero-order chi connectivity index (χ0) is 18.6. The van der Waals surface area contributed by atoms with Gasteiger partial charge in [-0.1, -0.05) is 18.2 Å². The van der Waals surface area contributed by atoms with Crippen LogP contribution in [-0.2, 0) is 6.54 Å². The molecule has 6 nitrogen and oxygen atoms in total. The Morgan fingerprint density at radius 2 is 1.81 bits per heavy atom. The third kappa shape index (κ3) is 3.64. The van der Waals surface area contributed by atoms with Gasteiger partial charge in [0.1, 0.15) is 17.3 Å². The topological polar surface area (TPSA) is 79.9 Å². The SMILES string of the molecule is COc1ccc(-c2cccc(C(=O)NCc3nc4ccccc4[nH]3)n2)cc1. The van der Waals surface area contributed by atoms with E-state index in [1.54, 1.807) is 13.2 Å². The average molecular weight is 358 g/mol. The van der Waals surface area contributed by atoms with Gasteiger partial charge in [0, 0.05) is 5.56 Å². The Kier molecular flexibility index (Phi) is 4.53. The Balaban J connectivity index is 1.48. The molecule has 2 N–H and O–H groups in total. The van der Waals surface area contributed by atoms with Crippen LogP contribution < -0.4 is 10.1 Å². The number of ether oxygens (including phenoxy) is 1. The van der Waals surface area contributed by atoms with Gasteiger partial charge in [0.15, 0.2) is 0 Å². The molecule has 0 unspecified atom stereocenters. The van der Waals surface area contributed by atoms with Crippen LogP contribution in [0.2, 0.25) is 0 Å². The minimum absolute atomic E-state index is 0.245. The maximum absolute atomic E-state index is 12.5. The second-order valence-corrected chi connectivity index (χ2v) is 6.02. The highest BCUT2D eigenvalue weighted by Gasteiger charge is 2.10. The van der Waals surface area contributed by atoms with Gasteiger partial charge in [-0.2, -0.15) is 0 Å². The highest BCUT2D eigenvalue weighted by atomic mass is 16.5. The highest BCUT2D eigenvalue weighted by molar-refractivity contribution is 5.92. The predicted octanol–water partition coefficient (Wildman–Crippen LogP) is 3.56. The van der Waals surface area contributed by atoms with Crippen LogP contribution in [0.5, 0.6) is 5.75 Å². The standard InChI is InChI=1S/C21H18N4O2/c1-27-15-11-9-14(10-12-15)16-7-4-8-19(23-16)21(26)22-13-20-24-17-5-2-3-6-18(17)25-20/h2-12H,13H2,1H3,(H,22,26)(H,24,25). The van der Waals surface area contributed by atoms with Crippen molar-refractivity contribution in [1.29, 1.82) is 0 Å². The summed E-state index contributed by atoms with van der Waals surface area (Å²) in [4.78, 5) is 24.6. The van der Waals surface area contributed by atoms with Gasteiger partial charge in [-0.15, -0.1) is 0 Å². The molecule has 2 aromatic heterocycles. The first kappa shape index (κ1) is 16.8. The van der Waals surface area contributed by atoms with E-state index >= 15 is 0 Å². The molecule has 2 heterocycles. The van der Waals surface area contributed by atoms with E-state index < -0.39 is 0 Å². The maximum Gasteiger partial charge on any atom is 0.270 e. The van der Waals surface area contributed by atoms with Gasteiger partial charge in [0.05, 0.1) is 30.4 Å². The van der Waals surface area contributed by atoms with Crippen LogP contribution >= 0.6 is 0 Å². The lowest BCUT2D eigenvalue weighted by Gasteiger charge is -2.06. The quantitative estimate of drug-likeness (QED) is 0.572. The Morgan fingerprint density at radius 3 is 2.59 bits per heavy atom. The van der Waals surface area contributed by atoms with E-state index in [0.29, 0.717) is 18.1 Å². The Hall–Kier alpha value is -3.67. The average Bonchev–Trinajstić information content (AvgIpc) is 3.15. The molecule has 0 aliphatic heterocycles. The van der Waals surface area contributed by atoms with E-state index in [0.717, 1.165) is 28.0 Å². The first-order valence-electron chi connectivity index (χ1n) is 8.56. The minimum atomic E-state index is -0.245. The number of imidazole rings is 1. The summed E-state index contributed by atoms with van der Waals surface area (Å²) in [7, 11) is 1.63. The van der Waals surface area contributed by atoms with Gasteiger partial charge < -0.3 is 15.0 Å². The van der Waals surface area contributed by atoms with Crippen LogP contribution in [0.1, 0.15) is 16.3 Å². The van der Waals surface area contributed by atoms with Crippen molar-refractivity contribution in [3.63, 3.8) is 0 Å². The largest absolute Gasteiger partial charge is 0.497 e. The number of amides is 1. The molecule has 0 saturated heterocycles. The molecule has 6 heteroatoms. The number of carbonyl (C=O) groups is 1. The molecular formula is C21H18N4O2. The summed E-state index contributed by atoms with van der Waals surface area (Å²) in [6.45, 7) is 0.307. The highest BCUT2D eigenvalue weighted by Crippen LogP contribution is 2.20. The molecule has 4 rings (SSSR count). The summed E-state index contributed by atoms with van der Waals surface area (Å²) in [5.74, 6) is 1.24. The number of benzene rings is 2. The molecule has 0 saturated carbocycles. The van der Waals surface area contributed by atoms with Crippen molar-refractivity contribution < 1.29 is 9.53 Å². The third-order valence-corrected chi connectivity index (χ3v) is 4.22. The van der Waals surface area contributed by atoms with E-state index in [1.165, 1.54) is 0 Å². The lowest BCUT2D eigenvalue weighted by molar-refractivity contribution is 0.0945. The summed E-state index contributed by atoms with van der Waals surface area (Å²) in [5, 5.41) is 2.86. The van der Waals surface area contributed by atoms with Crippen molar-refractivity contribution in [1.82, 2.24) is 20.3 Å². The number of H-pyrrole nitrogens is 1. The maximum atomic E-state index is 12.5. The molecule has 0 fully saturated rings. The summed E-state index contributed by atoms with van der Waals surface area (Å²) >= 11 is 0. The lowest BCUT2D eigenvalue weighted by atomic mass is 10.1. The first-order valence-corrected chi connectivity index (χ1v) is 8.56. The van der Waals surface area contributed by atoms with Crippen LogP contribution in [0.4, 0.5) is 0 Å². The van der Waals surface area contributed by atoms with E-state index in [-0.39, 0.29) is 5.91 Å². The smallest absolute Gasteiger partial charge is 0.270 e. The summed E-state index contributed by atoms with van der Waals surface area (Å²) in [5.41, 5.74) is 3.83.